The summed E-state index contributed by atoms with van der Waals surface area (Å²) in [6.07, 6.45) is -1.05. The zero-order chi connectivity index (χ0) is 43.4. The number of likely N-dealkylation sites (N-methyl/N-ethyl adjacent to an activating group) is 1. The van der Waals surface area contributed by atoms with Crippen molar-refractivity contribution in [2.45, 2.75) is 101 Å². The van der Waals surface area contributed by atoms with Crippen molar-refractivity contribution in [2.24, 2.45) is 0 Å². The Morgan fingerprint density at radius 2 is 1.72 bits per heavy atom. The lowest BCUT2D eigenvalue weighted by molar-refractivity contribution is -0.186. The minimum atomic E-state index is -1.44. The molecule has 3 aromatic carbocycles. The standard InChI is InChI=1S/C44H51N3O13S/c1-19-12-23-13-25-40(50)47-26-16-55-41(51)44(24-15-27(53-8)28(14-22(24)10-11-45-44)59-42(52)60-43(4,5)6)17-61-39(33(47)32(46(25)7)29(23)34(49)35(19)54-9)31-30(26)38-37(56-18-57-38)20(2)36(31)58-21(3)48/h12,14-15,25-26,32-33,39-40,45,49-50H,10-11,13,16-18H2,1-9H3/t25?,26-,32-,33?,39+,40-,44+/m0/s1. The Labute approximate surface area is 357 Å². The number of carbonyl (C=O) groups excluding carboxylic acids is 3. The van der Waals surface area contributed by atoms with Crippen molar-refractivity contribution < 1.29 is 62.5 Å². The van der Waals surface area contributed by atoms with Crippen LogP contribution in [0.1, 0.15) is 89.5 Å². The van der Waals surface area contributed by atoms with Crippen LogP contribution in [0.5, 0.6) is 40.2 Å². The molecule has 0 radical (unpaired) electrons. The van der Waals surface area contributed by atoms with E-state index >= 15 is 0 Å². The van der Waals surface area contributed by atoms with Gasteiger partial charge in [0.2, 0.25) is 6.79 Å². The lowest BCUT2D eigenvalue weighted by Gasteiger charge is -2.62. The molecule has 2 fully saturated rings. The van der Waals surface area contributed by atoms with Crippen molar-refractivity contribution in [2.75, 3.05) is 47.0 Å². The Balaban J connectivity index is 1.25. The molecule has 326 valence electrons. The van der Waals surface area contributed by atoms with Gasteiger partial charge in [-0.25, -0.2) is 9.59 Å². The first-order valence-corrected chi connectivity index (χ1v) is 21.4. The van der Waals surface area contributed by atoms with Crippen LogP contribution in [-0.2, 0) is 37.4 Å². The molecule has 1 spiro atoms. The number of phenolic OH excluding ortho intramolecular Hbond substituents is 1. The highest BCUT2D eigenvalue weighted by atomic mass is 32.2. The number of fused-ring (bicyclic) bond motifs is 9. The van der Waals surface area contributed by atoms with E-state index in [0.717, 1.165) is 16.7 Å². The summed E-state index contributed by atoms with van der Waals surface area (Å²) in [5, 5.41) is 27.6. The summed E-state index contributed by atoms with van der Waals surface area (Å²) in [6, 6.07) is 3.04. The SMILES string of the molecule is COc1cc2c(cc1OC(=O)OC(C)(C)C)CCN[C@]21CS[C@@H]2c3c(OC(C)=O)c(C)c4c(c3[C@H](COC1=O)N1C2[C@@H]2c3c(cc(C)c(OC)c3O)CC([C@@H]1O)N2C)OCO4. The molecular weight excluding hydrogens is 811 g/mol. The van der Waals surface area contributed by atoms with Crippen LogP contribution in [0.3, 0.4) is 0 Å². The van der Waals surface area contributed by atoms with Crippen LogP contribution in [0, 0.1) is 13.8 Å². The average Bonchev–Trinajstić information content (AvgIpc) is 3.69. The van der Waals surface area contributed by atoms with Gasteiger partial charge in [0, 0.05) is 47.5 Å². The number of aliphatic hydroxyl groups is 1. The Kier molecular flexibility index (Phi) is 10.1. The van der Waals surface area contributed by atoms with Gasteiger partial charge in [0.05, 0.1) is 37.6 Å². The number of methoxy groups -OCH3 is 2. The molecule has 0 aromatic heterocycles. The maximum Gasteiger partial charge on any atom is 0.514 e. The Hall–Kier alpha value is -4.94. The van der Waals surface area contributed by atoms with Crippen LogP contribution in [0.4, 0.5) is 4.79 Å². The third-order valence-electron chi connectivity index (χ3n) is 12.8. The molecule has 3 aromatic rings. The van der Waals surface area contributed by atoms with E-state index in [1.807, 2.05) is 31.9 Å². The maximum atomic E-state index is 15.0. The molecule has 3 N–H and O–H groups in total. The fourth-order valence-electron chi connectivity index (χ4n) is 10.4. The molecule has 17 heteroatoms. The van der Waals surface area contributed by atoms with Crippen molar-refractivity contribution in [1.82, 2.24) is 15.1 Å². The van der Waals surface area contributed by atoms with Gasteiger partial charge >= 0.3 is 18.1 Å². The second-order valence-corrected chi connectivity index (χ2v) is 18.6. The van der Waals surface area contributed by atoms with Crippen molar-refractivity contribution in [1.29, 1.82) is 0 Å². The van der Waals surface area contributed by atoms with Gasteiger partial charge in [0.1, 0.15) is 24.2 Å². The van der Waals surface area contributed by atoms with E-state index in [1.165, 1.54) is 32.9 Å². The van der Waals surface area contributed by atoms with Crippen LogP contribution in [-0.4, -0.2) is 109 Å². The zero-order valence-electron chi connectivity index (χ0n) is 35.6. The number of piperazine rings is 1. The molecule has 4 bridgehead atoms. The first-order chi connectivity index (χ1) is 29.0. The number of hydrogen-bond acceptors (Lipinski definition) is 17. The van der Waals surface area contributed by atoms with E-state index in [0.29, 0.717) is 70.2 Å². The minimum absolute atomic E-state index is 0.0201. The molecule has 2 saturated heterocycles. The number of hydrogen-bond donors (Lipinski definition) is 3. The number of rotatable bonds is 4. The molecule has 16 nitrogen and oxygen atoms in total. The number of nitrogens with zero attached hydrogens (tertiary/aromatic N) is 2. The first kappa shape index (κ1) is 41.4. The molecule has 7 aliphatic heterocycles. The first-order valence-electron chi connectivity index (χ1n) is 20.4. The van der Waals surface area contributed by atoms with Gasteiger partial charge in [0.15, 0.2) is 40.0 Å². The molecule has 7 atom stereocenters. The molecule has 0 saturated carbocycles. The molecule has 7 heterocycles. The predicted molar refractivity (Wildman–Crippen MR) is 220 cm³/mol. The Bertz CT molecular complexity index is 2370. The molecule has 0 amide bonds. The van der Waals surface area contributed by atoms with Crippen LogP contribution in [0.25, 0.3) is 0 Å². The van der Waals surface area contributed by atoms with Gasteiger partial charge in [-0.1, -0.05) is 6.07 Å². The lowest BCUT2D eigenvalue weighted by atomic mass is 9.73. The van der Waals surface area contributed by atoms with Crippen molar-refractivity contribution in [3.05, 3.63) is 62.7 Å². The number of aliphatic hydroxyl groups excluding tert-OH is 1. The van der Waals surface area contributed by atoms with E-state index in [-0.39, 0.29) is 36.4 Å². The van der Waals surface area contributed by atoms with E-state index in [9.17, 15) is 24.6 Å². The van der Waals surface area contributed by atoms with Gasteiger partial charge in [-0.2, -0.15) is 0 Å². The van der Waals surface area contributed by atoms with E-state index in [4.69, 9.17) is 37.9 Å². The zero-order valence-corrected chi connectivity index (χ0v) is 36.4. The second-order valence-electron chi connectivity index (χ2n) is 17.5. The summed E-state index contributed by atoms with van der Waals surface area (Å²) in [4.78, 5) is 44.9. The predicted octanol–water partition coefficient (Wildman–Crippen LogP) is 5.02. The summed E-state index contributed by atoms with van der Waals surface area (Å²) >= 11 is 1.44. The van der Waals surface area contributed by atoms with Crippen LogP contribution in [0.2, 0.25) is 0 Å². The van der Waals surface area contributed by atoms with E-state index in [1.54, 1.807) is 32.9 Å². The lowest BCUT2D eigenvalue weighted by Crippen LogP contribution is -2.70. The third kappa shape index (κ3) is 6.36. The maximum absolute atomic E-state index is 15.0. The normalized spacial score (nSPS) is 27.5. The van der Waals surface area contributed by atoms with Gasteiger partial charge in [-0.3, -0.25) is 19.9 Å². The number of ether oxygens (including phenoxy) is 8. The Morgan fingerprint density at radius 1 is 0.967 bits per heavy atom. The molecule has 10 rings (SSSR count). The van der Waals surface area contributed by atoms with E-state index < -0.39 is 64.9 Å². The minimum Gasteiger partial charge on any atom is -0.504 e. The fourth-order valence-corrected chi connectivity index (χ4v) is 12.1. The van der Waals surface area contributed by atoms with Crippen LogP contribution < -0.4 is 33.7 Å². The van der Waals surface area contributed by atoms with E-state index in [2.05, 4.69) is 10.2 Å². The summed E-state index contributed by atoms with van der Waals surface area (Å²) in [5.74, 6) is 0.883. The highest BCUT2D eigenvalue weighted by molar-refractivity contribution is 7.99. The number of aryl methyl sites for hydroxylation is 1. The number of esters is 2. The average molecular weight is 862 g/mol. The van der Waals surface area contributed by atoms with Crippen molar-refractivity contribution in [3.63, 3.8) is 0 Å². The molecule has 2 unspecified atom stereocenters. The number of nitrogens with one attached hydrogen (secondary N) is 1. The summed E-state index contributed by atoms with van der Waals surface area (Å²) < 4.78 is 47.5. The highest BCUT2D eigenvalue weighted by Crippen LogP contribution is 2.64. The highest BCUT2D eigenvalue weighted by Gasteiger charge is 2.61. The Morgan fingerprint density at radius 3 is 2.43 bits per heavy atom. The second kappa shape index (κ2) is 14.9. The van der Waals surface area contributed by atoms with Gasteiger partial charge in [-0.05, 0) is 88.9 Å². The number of phenols is 1. The number of benzene rings is 3. The van der Waals surface area contributed by atoms with Crippen LogP contribution >= 0.6 is 11.8 Å². The number of carbonyl (C=O) groups is 3. The number of aromatic hydroxyl groups is 1. The molecule has 0 aliphatic carbocycles. The topological polar surface area (TPSA) is 184 Å². The summed E-state index contributed by atoms with van der Waals surface area (Å²) in [7, 11) is 4.93. The molecule has 61 heavy (non-hydrogen) atoms. The monoisotopic (exact) mass is 861 g/mol. The molecule has 7 aliphatic rings. The number of thioether (sulfide) groups is 1. The van der Waals surface area contributed by atoms with Crippen LogP contribution in [0.15, 0.2) is 18.2 Å². The van der Waals surface area contributed by atoms with Gasteiger partial charge in [0.25, 0.3) is 0 Å². The quantitative estimate of drug-likeness (QED) is 0.180. The summed E-state index contributed by atoms with van der Waals surface area (Å²) in [6.45, 7) is 10.3. The van der Waals surface area contributed by atoms with Gasteiger partial charge in [-0.15, -0.1) is 11.8 Å². The van der Waals surface area contributed by atoms with Crippen molar-refractivity contribution in [3.8, 4) is 40.2 Å². The van der Waals surface area contributed by atoms with Crippen molar-refractivity contribution >= 4 is 29.9 Å². The summed E-state index contributed by atoms with van der Waals surface area (Å²) in [5.41, 5.74) is 3.25. The van der Waals surface area contributed by atoms with Gasteiger partial charge < -0.3 is 48.1 Å². The fraction of sp³-hybridized carbons (Fsp3) is 0.523. The molecular formula is C44H51N3O13S. The smallest absolute Gasteiger partial charge is 0.504 e. The third-order valence-corrected chi connectivity index (χ3v) is 14.3. The largest absolute Gasteiger partial charge is 0.514 e.